The molecule has 2 heterocycles. The van der Waals surface area contributed by atoms with Gasteiger partial charge in [-0.3, -0.25) is 4.79 Å². The lowest BCUT2D eigenvalue weighted by atomic mass is 10.1. The predicted molar refractivity (Wildman–Crippen MR) is 95.0 cm³/mol. The van der Waals surface area contributed by atoms with E-state index in [0.29, 0.717) is 25.2 Å². The van der Waals surface area contributed by atoms with Crippen LogP contribution in [-0.4, -0.2) is 50.9 Å². The van der Waals surface area contributed by atoms with Crippen LogP contribution in [0.2, 0.25) is 0 Å². The number of likely N-dealkylation sites (tertiary alicyclic amines) is 1. The van der Waals surface area contributed by atoms with Gasteiger partial charge in [0.1, 0.15) is 0 Å². The summed E-state index contributed by atoms with van der Waals surface area (Å²) in [5, 5.41) is 3.42. The monoisotopic (exact) mass is 427 g/mol. The molecule has 6 nitrogen and oxygen atoms in total. The molecule has 0 saturated carbocycles. The molecule has 0 aliphatic carbocycles. The highest BCUT2D eigenvalue weighted by Gasteiger charge is 2.33. The van der Waals surface area contributed by atoms with E-state index in [1.54, 1.807) is 4.90 Å². The number of carbonyl (C=O) groups is 1. The van der Waals surface area contributed by atoms with Gasteiger partial charge in [0.05, 0.1) is 17.0 Å². The Morgan fingerprint density at radius 3 is 2.63 bits per heavy atom. The van der Waals surface area contributed by atoms with Gasteiger partial charge in [-0.2, -0.15) is 13.2 Å². The summed E-state index contributed by atoms with van der Waals surface area (Å²) in [6, 6.07) is 4.05. The summed E-state index contributed by atoms with van der Waals surface area (Å²) in [5.41, 5.74) is -1.05. The van der Waals surface area contributed by atoms with E-state index >= 15 is 0 Å². The second-order valence-corrected chi connectivity index (χ2v) is 8.38. The largest absolute Gasteiger partial charge is 0.416 e. The van der Waals surface area contributed by atoms with Gasteiger partial charge >= 0.3 is 6.18 Å². The summed E-state index contributed by atoms with van der Waals surface area (Å²) >= 11 is 0. The average Bonchev–Trinajstić information content (AvgIpc) is 2.91. The molecular formula is C16H21ClF3N3O3S. The smallest absolute Gasteiger partial charge is 0.340 e. The maximum Gasteiger partial charge on any atom is 0.416 e. The predicted octanol–water partition coefficient (Wildman–Crippen LogP) is 1.76. The van der Waals surface area contributed by atoms with Gasteiger partial charge in [0.15, 0.2) is 0 Å². The molecule has 1 aromatic carbocycles. The minimum atomic E-state index is -4.64. The fourth-order valence-corrected chi connectivity index (χ4v) is 4.38. The molecule has 0 radical (unpaired) electrons. The maximum atomic E-state index is 12.7. The molecule has 2 atom stereocenters. The SMILES string of the molecule is Cl.O=C(CNS(=O)(=O)c1cccc(C(F)(F)F)c1)N1CCC2CCC(C1)N2. The first-order chi connectivity index (χ1) is 12.1. The third-order valence-electron chi connectivity index (χ3n) is 4.76. The topological polar surface area (TPSA) is 78.5 Å². The quantitative estimate of drug-likeness (QED) is 0.767. The lowest BCUT2D eigenvalue weighted by Gasteiger charge is -2.24. The fraction of sp³-hybridized carbons (Fsp3) is 0.562. The summed E-state index contributed by atoms with van der Waals surface area (Å²) in [6.45, 7) is 0.578. The number of alkyl halides is 3. The van der Waals surface area contributed by atoms with Crippen molar-refractivity contribution in [3.05, 3.63) is 29.8 Å². The summed E-state index contributed by atoms with van der Waals surface area (Å²) in [5.74, 6) is -0.380. The number of nitrogens with zero attached hydrogens (tertiary/aromatic N) is 1. The van der Waals surface area contributed by atoms with E-state index in [0.717, 1.165) is 37.5 Å². The molecule has 1 aromatic rings. The minimum absolute atomic E-state index is 0. The van der Waals surface area contributed by atoms with E-state index in [9.17, 15) is 26.4 Å². The average molecular weight is 428 g/mol. The number of hydrogen-bond acceptors (Lipinski definition) is 4. The third kappa shape index (κ3) is 5.34. The molecular weight excluding hydrogens is 407 g/mol. The van der Waals surface area contributed by atoms with Crippen LogP contribution in [0.1, 0.15) is 24.8 Å². The molecule has 27 heavy (non-hydrogen) atoms. The summed E-state index contributed by atoms with van der Waals surface area (Å²) in [7, 11) is -4.21. The van der Waals surface area contributed by atoms with E-state index in [2.05, 4.69) is 10.0 Å². The molecule has 2 N–H and O–H groups in total. The van der Waals surface area contributed by atoms with Crippen molar-refractivity contribution in [2.45, 2.75) is 42.4 Å². The molecule has 2 aliphatic heterocycles. The number of sulfonamides is 1. The van der Waals surface area contributed by atoms with E-state index in [4.69, 9.17) is 0 Å². The number of halogens is 4. The first kappa shape index (κ1) is 21.9. The molecule has 0 aromatic heterocycles. The Bertz CT molecular complexity index is 789. The Hall–Kier alpha value is -1.36. The molecule has 2 unspecified atom stereocenters. The Morgan fingerprint density at radius 2 is 1.93 bits per heavy atom. The van der Waals surface area contributed by atoms with Gasteiger partial charge in [0, 0.05) is 25.2 Å². The molecule has 152 valence electrons. The zero-order chi connectivity index (χ0) is 18.9. The van der Waals surface area contributed by atoms with Crippen LogP contribution in [0.5, 0.6) is 0 Å². The van der Waals surface area contributed by atoms with Crippen LogP contribution in [0, 0.1) is 0 Å². The van der Waals surface area contributed by atoms with Gasteiger partial charge < -0.3 is 10.2 Å². The number of hydrogen-bond donors (Lipinski definition) is 2. The zero-order valence-corrected chi connectivity index (χ0v) is 16.0. The molecule has 11 heteroatoms. The van der Waals surface area contributed by atoms with Crippen LogP contribution in [0.4, 0.5) is 13.2 Å². The van der Waals surface area contributed by atoms with Gasteiger partial charge in [-0.05, 0) is 37.5 Å². The Morgan fingerprint density at radius 1 is 1.22 bits per heavy atom. The second-order valence-electron chi connectivity index (χ2n) is 6.62. The lowest BCUT2D eigenvalue weighted by Crippen LogP contribution is -2.44. The van der Waals surface area contributed by atoms with Crippen molar-refractivity contribution in [1.82, 2.24) is 14.9 Å². The highest BCUT2D eigenvalue weighted by Crippen LogP contribution is 2.30. The maximum absolute atomic E-state index is 12.7. The van der Waals surface area contributed by atoms with Gasteiger partial charge in [0.25, 0.3) is 0 Å². The zero-order valence-electron chi connectivity index (χ0n) is 14.3. The van der Waals surface area contributed by atoms with Gasteiger partial charge in [-0.1, -0.05) is 6.07 Å². The Labute approximate surface area is 162 Å². The summed E-state index contributed by atoms with van der Waals surface area (Å²) in [4.78, 5) is 13.4. The Balaban J connectivity index is 0.00000261. The van der Waals surface area contributed by atoms with Crippen LogP contribution in [0.25, 0.3) is 0 Å². The normalized spacial score (nSPS) is 22.9. The molecule has 1 amide bonds. The second kappa shape index (κ2) is 8.34. The molecule has 0 spiro atoms. The van der Waals surface area contributed by atoms with Crippen LogP contribution in [0.15, 0.2) is 29.2 Å². The van der Waals surface area contributed by atoms with Gasteiger partial charge in [0.2, 0.25) is 15.9 Å². The van der Waals surface area contributed by atoms with Crippen molar-refractivity contribution in [2.75, 3.05) is 19.6 Å². The number of benzene rings is 1. The van der Waals surface area contributed by atoms with Crippen LogP contribution in [0.3, 0.4) is 0 Å². The third-order valence-corrected chi connectivity index (χ3v) is 6.16. The van der Waals surface area contributed by atoms with Crippen LogP contribution in [-0.2, 0) is 21.0 Å². The van der Waals surface area contributed by atoms with Crippen molar-refractivity contribution in [3.8, 4) is 0 Å². The fourth-order valence-electron chi connectivity index (χ4n) is 3.36. The van der Waals surface area contributed by atoms with Crippen molar-refractivity contribution >= 4 is 28.3 Å². The van der Waals surface area contributed by atoms with Gasteiger partial charge in [-0.15, -0.1) is 12.4 Å². The van der Waals surface area contributed by atoms with Crippen molar-refractivity contribution in [2.24, 2.45) is 0 Å². The minimum Gasteiger partial charge on any atom is -0.340 e. The standard InChI is InChI=1S/C16H20F3N3O3S.ClH/c17-16(18,19)11-2-1-3-14(8-11)26(24,25)20-9-15(23)22-7-6-12-4-5-13(10-22)21-12;/h1-3,8,12-13,20-21H,4-7,9-10H2;1H. The number of rotatable bonds is 4. The van der Waals surface area contributed by atoms with Crippen LogP contribution < -0.4 is 10.0 Å². The van der Waals surface area contributed by atoms with Crippen molar-refractivity contribution < 1.29 is 26.4 Å². The number of fused-ring (bicyclic) bond motifs is 2. The lowest BCUT2D eigenvalue weighted by molar-refractivity contribution is -0.137. The molecule has 2 bridgehead atoms. The molecule has 2 fully saturated rings. The van der Waals surface area contributed by atoms with Gasteiger partial charge in [-0.25, -0.2) is 13.1 Å². The van der Waals surface area contributed by atoms with E-state index in [1.165, 1.54) is 0 Å². The van der Waals surface area contributed by atoms with Crippen molar-refractivity contribution in [1.29, 1.82) is 0 Å². The number of amides is 1. The highest BCUT2D eigenvalue weighted by molar-refractivity contribution is 7.89. The first-order valence-corrected chi connectivity index (χ1v) is 9.84. The first-order valence-electron chi connectivity index (χ1n) is 8.36. The van der Waals surface area contributed by atoms with Crippen LogP contribution >= 0.6 is 12.4 Å². The van der Waals surface area contributed by atoms with E-state index < -0.39 is 33.2 Å². The Kier molecular flexibility index (Phi) is 6.77. The number of nitrogens with one attached hydrogen (secondary N) is 2. The summed E-state index contributed by atoms with van der Waals surface area (Å²) < 4.78 is 64.8. The summed E-state index contributed by atoms with van der Waals surface area (Å²) in [6.07, 6.45) is -1.78. The molecule has 2 aliphatic rings. The van der Waals surface area contributed by atoms with E-state index in [1.807, 2.05) is 0 Å². The highest BCUT2D eigenvalue weighted by atomic mass is 35.5. The molecule has 3 rings (SSSR count). The molecule has 2 saturated heterocycles. The van der Waals surface area contributed by atoms with E-state index in [-0.39, 0.29) is 24.4 Å². The number of carbonyl (C=O) groups excluding carboxylic acids is 1. The van der Waals surface area contributed by atoms with Crippen molar-refractivity contribution in [3.63, 3.8) is 0 Å².